The van der Waals surface area contributed by atoms with Gasteiger partial charge < -0.3 is 10.0 Å². The van der Waals surface area contributed by atoms with E-state index in [9.17, 15) is 5.11 Å². The Hall–Kier alpha value is -1.59. The minimum absolute atomic E-state index is 0.194. The van der Waals surface area contributed by atoms with Gasteiger partial charge in [0.25, 0.3) is 0 Å². The minimum atomic E-state index is 0.194. The summed E-state index contributed by atoms with van der Waals surface area (Å²) in [6, 6.07) is 8.28. The number of nitrogens with zero attached hydrogens (tertiary/aromatic N) is 4. The normalized spacial score (nSPS) is 15.9. The van der Waals surface area contributed by atoms with Crippen molar-refractivity contribution in [1.29, 1.82) is 0 Å². The summed E-state index contributed by atoms with van der Waals surface area (Å²) in [5, 5.41) is 9.25. The van der Waals surface area contributed by atoms with E-state index in [-0.39, 0.29) is 6.61 Å². The molecule has 114 valence electrons. The lowest BCUT2D eigenvalue weighted by atomic mass is 10.1. The fourth-order valence-electron chi connectivity index (χ4n) is 2.86. The summed E-state index contributed by atoms with van der Waals surface area (Å²) >= 11 is 0. The first-order valence-electron chi connectivity index (χ1n) is 7.72. The maximum atomic E-state index is 9.25. The number of hydrogen-bond acceptors (Lipinski definition) is 4. The van der Waals surface area contributed by atoms with Crippen molar-refractivity contribution in [3.63, 3.8) is 0 Å². The molecule has 0 saturated carbocycles. The van der Waals surface area contributed by atoms with Gasteiger partial charge in [0.2, 0.25) is 5.95 Å². The van der Waals surface area contributed by atoms with E-state index in [2.05, 4.69) is 46.4 Å². The molecule has 2 heterocycles. The Balaban J connectivity index is 1.94. The quantitative estimate of drug-likeness (QED) is 0.915. The average molecular weight is 288 g/mol. The molecule has 1 aliphatic heterocycles. The molecular weight excluding hydrogens is 264 g/mol. The highest BCUT2D eigenvalue weighted by Crippen LogP contribution is 2.27. The molecule has 5 nitrogen and oxygen atoms in total. The van der Waals surface area contributed by atoms with E-state index in [4.69, 9.17) is 4.98 Å². The molecular formula is C16H24N4O. The van der Waals surface area contributed by atoms with E-state index >= 15 is 0 Å². The van der Waals surface area contributed by atoms with Crippen molar-refractivity contribution < 1.29 is 5.11 Å². The molecule has 0 spiro atoms. The molecule has 1 aromatic heterocycles. The Morgan fingerprint density at radius 2 is 2.00 bits per heavy atom. The van der Waals surface area contributed by atoms with Crippen LogP contribution in [0, 0.1) is 5.92 Å². The fraction of sp³-hybridized carbons (Fsp3) is 0.562. The standard InChI is InChI=1S/C16H24N4O/c1-13(2)7-8-19-11-18(9-10-21)12-20-15-6-4-3-5-14(15)17-16(19)20/h3-6,13,21H,7-12H2,1-2H3. The highest BCUT2D eigenvalue weighted by molar-refractivity contribution is 5.79. The first kappa shape index (κ1) is 14.4. The van der Waals surface area contributed by atoms with Crippen molar-refractivity contribution in [3.8, 4) is 0 Å². The number of β-amino-alcohol motifs (C(OH)–C–C–N with tert-alkyl or cyclic N) is 1. The van der Waals surface area contributed by atoms with Crippen LogP contribution in [0.25, 0.3) is 11.0 Å². The summed E-state index contributed by atoms with van der Waals surface area (Å²) in [5.41, 5.74) is 2.22. The second-order valence-electron chi connectivity index (χ2n) is 6.18. The van der Waals surface area contributed by atoms with E-state index in [1.54, 1.807) is 0 Å². The van der Waals surface area contributed by atoms with Crippen molar-refractivity contribution in [3.05, 3.63) is 24.3 Å². The summed E-state index contributed by atoms with van der Waals surface area (Å²) in [6.07, 6.45) is 1.15. The van der Waals surface area contributed by atoms with Gasteiger partial charge in [0.05, 0.1) is 31.0 Å². The largest absolute Gasteiger partial charge is 0.395 e. The lowest BCUT2D eigenvalue weighted by molar-refractivity contribution is 0.152. The molecule has 21 heavy (non-hydrogen) atoms. The molecule has 1 N–H and O–H groups in total. The molecule has 2 aromatic rings. The monoisotopic (exact) mass is 288 g/mol. The summed E-state index contributed by atoms with van der Waals surface area (Å²) in [5.74, 6) is 1.74. The molecule has 0 unspecified atom stereocenters. The maximum Gasteiger partial charge on any atom is 0.208 e. The molecule has 0 saturated heterocycles. The van der Waals surface area contributed by atoms with Gasteiger partial charge in [-0.1, -0.05) is 26.0 Å². The topological polar surface area (TPSA) is 44.5 Å². The number of fused-ring (bicyclic) bond motifs is 3. The number of benzene rings is 1. The Kier molecular flexibility index (Phi) is 4.12. The molecule has 1 aliphatic rings. The van der Waals surface area contributed by atoms with E-state index in [1.807, 2.05) is 6.07 Å². The number of aliphatic hydroxyl groups excluding tert-OH is 1. The van der Waals surface area contributed by atoms with E-state index in [1.165, 1.54) is 5.52 Å². The Morgan fingerprint density at radius 1 is 1.19 bits per heavy atom. The summed E-state index contributed by atoms with van der Waals surface area (Å²) in [7, 11) is 0. The first-order chi connectivity index (χ1) is 10.2. The second kappa shape index (κ2) is 6.03. The zero-order chi connectivity index (χ0) is 14.8. The summed E-state index contributed by atoms with van der Waals surface area (Å²) < 4.78 is 2.26. The smallest absolute Gasteiger partial charge is 0.208 e. The molecule has 0 fully saturated rings. The van der Waals surface area contributed by atoms with Crippen molar-refractivity contribution in [2.24, 2.45) is 5.92 Å². The van der Waals surface area contributed by atoms with Crippen LogP contribution in [-0.2, 0) is 6.67 Å². The van der Waals surface area contributed by atoms with Crippen LogP contribution >= 0.6 is 0 Å². The molecule has 0 radical (unpaired) electrons. The highest BCUT2D eigenvalue weighted by atomic mass is 16.3. The SMILES string of the molecule is CC(C)CCN1CN(CCO)Cn2c1nc1ccccc12. The van der Waals surface area contributed by atoms with E-state index in [0.29, 0.717) is 12.5 Å². The number of aliphatic hydroxyl groups is 1. The Morgan fingerprint density at radius 3 is 2.76 bits per heavy atom. The van der Waals surface area contributed by atoms with Crippen LogP contribution in [0.5, 0.6) is 0 Å². The second-order valence-corrected chi connectivity index (χ2v) is 6.18. The number of rotatable bonds is 5. The number of anilines is 1. The molecule has 5 heteroatoms. The minimum Gasteiger partial charge on any atom is -0.395 e. The fourth-order valence-corrected chi connectivity index (χ4v) is 2.86. The lowest BCUT2D eigenvalue weighted by Gasteiger charge is -2.37. The van der Waals surface area contributed by atoms with Gasteiger partial charge in [0.15, 0.2) is 0 Å². The third-order valence-corrected chi connectivity index (χ3v) is 4.02. The van der Waals surface area contributed by atoms with E-state index in [0.717, 1.165) is 37.8 Å². The van der Waals surface area contributed by atoms with Crippen molar-refractivity contribution in [2.45, 2.75) is 26.9 Å². The Labute approximate surface area is 125 Å². The zero-order valence-electron chi connectivity index (χ0n) is 12.9. The molecule has 3 rings (SSSR count). The van der Waals surface area contributed by atoms with Crippen LogP contribution in [0.3, 0.4) is 0 Å². The van der Waals surface area contributed by atoms with Crippen molar-refractivity contribution >= 4 is 17.0 Å². The van der Waals surface area contributed by atoms with Gasteiger partial charge in [-0.15, -0.1) is 0 Å². The number of hydrogen-bond donors (Lipinski definition) is 1. The number of aromatic nitrogens is 2. The predicted molar refractivity (Wildman–Crippen MR) is 85.2 cm³/mol. The summed E-state index contributed by atoms with van der Waals surface area (Å²) in [6.45, 7) is 8.04. The molecule has 0 bridgehead atoms. The summed E-state index contributed by atoms with van der Waals surface area (Å²) in [4.78, 5) is 9.40. The van der Waals surface area contributed by atoms with Crippen molar-refractivity contribution in [1.82, 2.24) is 14.5 Å². The van der Waals surface area contributed by atoms with Crippen molar-refractivity contribution in [2.75, 3.05) is 31.3 Å². The van der Waals surface area contributed by atoms with Crippen LogP contribution in [0.4, 0.5) is 5.95 Å². The van der Waals surface area contributed by atoms with Gasteiger partial charge in [-0.25, -0.2) is 4.98 Å². The molecule has 1 aromatic carbocycles. The van der Waals surface area contributed by atoms with Gasteiger partial charge >= 0.3 is 0 Å². The van der Waals surface area contributed by atoms with Crippen LogP contribution < -0.4 is 4.90 Å². The maximum absolute atomic E-state index is 9.25. The van der Waals surface area contributed by atoms with E-state index < -0.39 is 0 Å². The zero-order valence-corrected chi connectivity index (χ0v) is 12.9. The molecule has 0 amide bonds. The molecule has 0 aliphatic carbocycles. The first-order valence-corrected chi connectivity index (χ1v) is 7.72. The van der Waals surface area contributed by atoms with Crippen LogP contribution in [-0.4, -0.2) is 45.9 Å². The van der Waals surface area contributed by atoms with Gasteiger partial charge in [0, 0.05) is 13.1 Å². The highest BCUT2D eigenvalue weighted by Gasteiger charge is 2.25. The van der Waals surface area contributed by atoms with Crippen LogP contribution in [0.15, 0.2) is 24.3 Å². The number of imidazole rings is 1. The Bertz CT molecular complexity index is 607. The van der Waals surface area contributed by atoms with Gasteiger partial charge in [-0.05, 0) is 24.5 Å². The lowest BCUT2D eigenvalue weighted by Crippen LogP contribution is -2.46. The molecule has 0 atom stereocenters. The predicted octanol–water partition coefficient (Wildman–Crippen LogP) is 2.11. The third-order valence-electron chi connectivity index (χ3n) is 4.02. The number of para-hydroxylation sites is 2. The van der Waals surface area contributed by atoms with Gasteiger partial charge in [-0.2, -0.15) is 0 Å². The third kappa shape index (κ3) is 2.89. The average Bonchev–Trinajstić information content (AvgIpc) is 2.84. The van der Waals surface area contributed by atoms with Gasteiger partial charge in [0.1, 0.15) is 0 Å². The van der Waals surface area contributed by atoms with Gasteiger partial charge in [-0.3, -0.25) is 9.47 Å². The van der Waals surface area contributed by atoms with Crippen LogP contribution in [0.2, 0.25) is 0 Å². The van der Waals surface area contributed by atoms with Crippen LogP contribution in [0.1, 0.15) is 20.3 Å².